The summed E-state index contributed by atoms with van der Waals surface area (Å²) >= 11 is 0. The molecule has 150 valence electrons. The van der Waals surface area contributed by atoms with Gasteiger partial charge >= 0.3 is 0 Å². The number of ether oxygens (including phenoxy) is 1. The van der Waals surface area contributed by atoms with E-state index in [9.17, 15) is 0 Å². The highest BCUT2D eigenvalue weighted by atomic mass is 16.5. The fourth-order valence-electron chi connectivity index (χ4n) is 4.86. The van der Waals surface area contributed by atoms with Crippen LogP contribution in [0.15, 0.2) is 52.4 Å². The fourth-order valence-corrected chi connectivity index (χ4v) is 4.86. The van der Waals surface area contributed by atoms with Crippen LogP contribution in [0, 0.1) is 5.92 Å². The van der Waals surface area contributed by atoms with E-state index in [1.165, 1.54) is 56.2 Å². The topological polar surface area (TPSA) is 40.6 Å². The zero-order valence-electron chi connectivity index (χ0n) is 17.5. The van der Waals surface area contributed by atoms with Crippen LogP contribution in [-0.2, 0) is 4.74 Å². The van der Waals surface area contributed by atoms with Crippen molar-refractivity contribution in [3.8, 4) is 0 Å². The molecule has 0 amide bonds. The molecule has 2 atom stereocenters. The average Bonchev–Trinajstić information content (AvgIpc) is 3.43. The zero-order chi connectivity index (χ0) is 19.5. The maximum atomic E-state index is 5.82. The minimum atomic E-state index is -0.0531. The average molecular weight is 380 g/mol. The Balaban J connectivity index is 1.59. The Hall–Kier alpha value is -2.07. The van der Waals surface area contributed by atoms with E-state index < -0.39 is 0 Å². The van der Waals surface area contributed by atoms with E-state index in [0.717, 1.165) is 29.2 Å². The summed E-state index contributed by atoms with van der Waals surface area (Å²) in [5.74, 6) is 0.686. The lowest BCUT2D eigenvalue weighted by atomic mass is 9.80. The molecule has 2 aliphatic heterocycles. The van der Waals surface area contributed by atoms with E-state index in [4.69, 9.17) is 9.73 Å². The summed E-state index contributed by atoms with van der Waals surface area (Å²) in [4.78, 5) is 10.6. The third-order valence-electron chi connectivity index (χ3n) is 6.38. The van der Waals surface area contributed by atoms with Crippen molar-refractivity contribution in [2.24, 2.45) is 10.9 Å². The number of unbranched alkanes of at least 4 members (excludes halogenated alkanes) is 3. The second kappa shape index (κ2) is 8.52. The Kier molecular flexibility index (Phi) is 5.86. The van der Waals surface area contributed by atoms with Crippen LogP contribution in [0.4, 0.5) is 0 Å². The number of nitrogens with one attached hydrogen (secondary N) is 1. The maximum Gasteiger partial charge on any atom is 0.120 e. The highest BCUT2D eigenvalue weighted by Crippen LogP contribution is 2.40. The molecule has 28 heavy (non-hydrogen) atoms. The number of likely N-dealkylation sites (N-methyl/N-ethyl adjacent to an activating group) is 1. The number of aromatic amines is 1. The van der Waals surface area contributed by atoms with Gasteiger partial charge in [0.25, 0.3) is 0 Å². The van der Waals surface area contributed by atoms with Gasteiger partial charge in [0.2, 0.25) is 0 Å². The van der Waals surface area contributed by atoms with Gasteiger partial charge in [-0.15, -0.1) is 0 Å². The minimum Gasteiger partial charge on any atom is -0.371 e. The van der Waals surface area contributed by atoms with Crippen LogP contribution < -0.4 is 0 Å². The van der Waals surface area contributed by atoms with E-state index >= 15 is 0 Å². The number of nitrogens with zero attached hydrogens (tertiary/aromatic N) is 2. The van der Waals surface area contributed by atoms with Gasteiger partial charge in [-0.3, -0.25) is 4.99 Å². The Bertz CT molecular complexity index is 813. The molecule has 3 aliphatic rings. The van der Waals surface area contributed by atoms with Crippen molar-refractivity contribution < 1.29 is 4.74 Å². The minimum absolute atomic E-state index is 0.0531. The second-order valence-corrected chi connectivity index (χ2v) is 8.22. The molecule has 4 heteroatoms. The zero-order valence-corrected chi connectivity index (χ0v) is 17.5. The standard InChI is InChI=1S/C24H33N3O/c1-4-5-6-7-10-17-11-8-12-19-18(17)15-21(26-19)24-23(28-3)16-22(27(24)2)20-13-9-14-25-20/h9,13-17,23,25H,4-8,10-12H2,1-3H3. The van der Waals surface area contributed by atoms with Crippen molar-refractivity contribution in [1.82, 2.24) is 9.88 Å². The first-order valence-corrected chi connectivity index (χ1v) is 10.9. The Labute approximate surface area is 169 Å². The van der Waals surface area contributed by atoms with Gasteiger partial charge < -0.3 is 14.6 Å². The van der Waals surface area contributed by atoms with Crippen LogP contribution in [0.5, 0.6) is 0 Å². The quantitative estimate of drug-likeness (QED) is 0.619. The first-order chi connectivity index (χ1) is 13.7. The van der Waals surface area contributed by atoms with Gasteiger partial charge in [-0.1, -0.05) is 32.6 Å². The lowest BCUT2D eigenvalue weighted by Gasteiger charge is -2.24. The van der Waals surface area contributed by atoms with E-state index in [2.05, 4.69) is 42.1 Å². The molecule has 4 nitrogen and oxygen atoms in total. The molecule has 1 N–H and O–H groups in total. The molecular weight excluding hydrogens is 346 g/mol. The summed E-state index contributed by atoms with van der Waals surface area (Å²) in [5.41, 5.74) is 7.35. The summed E-state index contributed by atoms with van der Waals surface area (Å²) in [6, 6.07) is 4.14. The number of methoxy groups -OCH3 is 1. The molecule has 0 bridgehead atoms. The number of H-pyrrole nitrogens is 1. The summed E-state index contributed by atoms with van der Waals surface area (Å²) < 4.78 is 5.82. The van der Waals surface area contributed by atoms with Gasteiger partial charge in [0.15, 0.2) is 0 Å². The van der Waals surface area contributed by atoms with Gasteiger partial charge in [-0.05, 0) is 61.5 Å². The molecule has 0 spiro atoms. The molecule has 2 unspecified atom stereocenters. The highest BCUT2D eigenvalue weighted by Gasteiger charge is 2.34. The van der Waals surface area contributed by atoms with Crippen LogP contribution >= 0.6 is 0 Å². The maximum absolute atomic E-state index is 5.82. The molecule has 4 rings (SSSR count). The number of hydrogen-bond donors (Lipinski definition) is 1. The fraction of sp³-hybridized carbons (Fsp3) is 0.542. The molecule has 1 aliphatic carbocycles. The summed E-state index contributed by atoms with van der Waals surface area (Å²) in [5, 5.41) is 0. The van der Waals surface area contributed by atoms with Crippen LogP contribution in [0.1, 0.15) is 64.0 Å². The largest absolute Gasteiger partial charge is 0.371 e. The lowest BCUT2D eigenvalue weighted by Crippen LogP contribution is -2.19. The Morgan fingerprint density at radius 3 is 2.93 bits per heavy atom. The number of allylic oxidation sites excluding steroid dienone is 2. The molecule has 0 radical (unpaired) electrons. The molecule has 1 saturated carbocycles. The van der Waals surface area contributed by atoms with Crippen LogP contribution in [-0.4, -0.2) is 35.9 Å². The van der Waals surface area contributed by atoms with Gasteiger partial charge in [0.05, 0.1) is 22.8 Å². The number of aromatic nitrogens is 1. The van der Waals surface area contributed by atoms with Crippen molar-refractivity contribution in [3.05, 3.63) is 53.1 Å². The molecule has 1 fully saturated rings. The summed E-state index contributed by atoms with van der Waals surface area (Å²) in [6.07, 6.45) is 16.8. The Morgan fingerprint density at radius 2 is 2.18 bits per heavy atom. The van der Waals surface area contributed by atoms with Crippen molar-refractivity contribution >= 4 is 11.4 Å². The van der Waals surface area contributed by atoms with Crippen LogP contribution in [0.25, 0.3) is 5.70 Å². The molecular formula is C24H33N3O. The summed E-state index contributed by atoms with van der Waals surface area (Å²) in [7, 11) is 3.91. The van der Waals surface area contributed by atoms with E-state index in [1.807, 2.05) is 12.3 Å². The van der Waals surface area contributed by atoms with Crippen molar-refractivity contribution in [1.29, 1.82) is 0 Å². The monoisotopic (exact) mass is 379 g/mol. The van der Waals surface area contributed by atoms with E-state index in [0.29, 0.717) is 5.92 Å². The number of hydrogen-bond acceptors (Lipinski definition) is 3. The first kappa shape index (κ1) is 19.3. The smallest absolute Gasteiger partial charge is 0.120 e. The number of fused-ring (bicyclic) bond motifs is 1. The molecule has 0 saturated heterocycles. The molecule has 0 aromatic carbocycles. The van der Waals surface area contributed by atoms with Gasteiger partial charge in [-0.2, -0.15) is 0 Å². The molecule has 3 heterocycles. The van der Waals surface area contributed by atoms with Gasteiger partial charge in [0, 0.05) is 26.1 Å². The first-order valence-electron chi connectivity index (χ1n) is 10.9. The Morgan fingerprint density at radius 1 is 1.29 bits per heavy atom. The van der Waals surface area contributed by atoms with Crippen molar-refractivity contribution in [3.63, 3.8) is 0 Å². The summed E-state index contributed by atoms with van der Waals surface area (Å²) in [6.45, 7) is 2.28. The van der Waals surface area contributed by atoms with Gasteiger partial charge in [0.1, 0.15) is 6.10 Å². The molecule has 1 aromatic heterocycles. The second-order valence-electron chi connectivity index (χ2n) is 8.22. The molecule has 1 aromatic rings. The SMILES string of the molecule is CCCCCCC1CCCC2=NC(=C3C(OC)C=C(c4ccc[nH]4)N3C)C=C21. The lowest BCUT2D eigenvalue weighted by molar-refractivity contribution is 0.160. The highest BCUT2D eigenvalue weighted by molar-refractivity contribution is 6.04. The van der Waals surface area contributed by atoms with Crippen LogP contribution in [0.3, 0.4) is 0 Å². The number of rotatable bonds is 7. The van der Waals surface area contributed by atoms with Crippen LogP contribution in [0.2, 0.25) is 0 Å². The third-order valence-corrected chi connectivity index (χ3v) is 6.38. The van der Waals surface area contributed by atoms with Gasteiger partial charge in [-0.25, -0.2) is 0 Å². The number of aliphatic imine (C=N–C) groups is 1. The van der Waals surface area contributed by atoms with E-state index in [1.54, 1.807) is 7.11 Å². The normalized spacial score (nSPS) is 27.0. The third kappa shape index (κ3) is 3.62. The van der Waals surface area contributed by atoms with E-state index in [-0.39, 0.29) is 6.10 Å². The van der Waals surface area contributed by atoms with Crippen molar-refractivity contribution in [2.45, 2.75) is 64.4 Å². The predicted molar refractivity (Wildman–Crippen MR) is 116 cm³/mol. The van der Waals surface area contributed by atoms with Crippen molar-refractivity contribution in [2.75, 3.05) is 14.2 Å². The predicted octanol–water partition coefficient (Wildman–Crippen LogP) is 5.68.